The third kappa shape index (κ3) is 4.67. The number of hydrogen-bond donors (Lipinski definition) is 2. The van der Waals surface area contributed by atoms with Crippen LogP contribution in [0.2, 0.25) is 0 Å². The van der Waals surface area contributed by atoms with Crippen molar-refractivity contribution < 1.29 is 9.21 Å². The third-order valence-electron chi connectivity index (χ3n) is 4.77. The van der Waals surface area contributed by atoms with Crippen molar-refractivity contribution in [2.45, 2.75) is 57.5 Å². The van der Waals surface area contributed by atoms with Gasteiger partial charge in [0.25, 0.3) is 5.56 Å². The van der Waals surface area contributed by atoms with Gasteiger partial charge in [-0.05, 0) is 43.9 Å². The van der Waals surface area contributed by atoms with Crippen molar-refractivity contribution in [1.29, 1.82) is 0 Å². The normalized spacial score (nSPS) is 13.6. The maximum absolute atomic E-state index is 12.7. The average molecular weight is 420 g/mol. The van der Waals surface area contributed by atoms with Crippen LogP contribution in [0.4, 0.5) is 0 Å². The van der Waals surface area contributed by atoms with Crippen LogP contribution < -0.4 is 10.9 Å². The number of nitrogens with one attached hydrogen (secondary N) is 2. The quantitative estimate of drug-likeness (QED) is 0.420. The zero-order valence-corrected chi connectivity index (χ0v) is 18.1. The molecule has 0 saturated heterocycles. The van der Waals surface area contributed by atoms with E-state index in [1.165, 1.54) is 11.8 Å². The Kier molecular flexibility index (Phi) is 6.61. The molecule has 3 aromatic heterocycles. The lowest BCUT2D eigenvalue weighted by Crippen LogP contribution is -2.30. The molecule has 0 aliphatic carbocycles. The van der Waals surface area contributed by atoms with Crippen LogP contribution in [0.25, 0.3) is 10.2 Å². The topological polar surface area (TPSA) is 88.0 Å². The summed E-state index contributed by atoms with van der Waals surface area (Å²) in [5.41, 5.74) is 0.974. The molecule has 0 radical (unpaired) electrons. The SMILES string of the molecule is CC[C@@H](C)Cc1c(C)sc2nc(S[C@H](C)C(=O)NCc3ccco3)[nH]c(=O)c12. The molecule has 8 heteroatoms. The molecule has 150 valence electrons. The highest BCUT2D eigenvalue weighted by molar-refractivity contribution is 8.00. The molecule has 0 aliphatic heterocycles. The zero-order valence-electron chi connectivity index (χ0n) is 16.5. The summed E-state index contributed by atoms with van der Waals surface area (Å²) < 4.78 is 5.21. The fourth-order valence-electron chi connectivity index (χ4n) is 2.90. The van der Waals surface area contributed by atoms with Crippen molar-refractivity contribution in [3.63, 3.8) is 0 Å². The van der Waals surface area contributed by atoms with Crippen molar-refractivity contribution in [3.05, 3.63) is 45.0 Å². The van der Waals surface area contributed by atoms with Crippen LogP contribution >= 0.6 is 23.1 Å². The van der Waals surface area contributed by atoms with Gasteiger partial charge in [0, 0.05) is 4.88 Å². The molecule has 0 saturated carbocycles. The molecule has 1 amide bonds. The standard InChI is InChI=1S/C20H25N3O3S2/c1-5-11(2)9-15-12(3)27-19-16(15)18(25)22-20(23-19)28-13(4)17(24)21-10-14-7-6-8-26-14/h6-8,11,13H,5,9-10H2,1-4H3,(H,21,24)(H,22,23,25)/t11-,13-/m1/s1. The lowest BCUT2D eigenvalue weighted by molar-refractivity contribution is -0.120. The zero-order chi connectivity index (χ0) is 20.3. The Hall–Kier alpha value is -2.06. The Balaban J connectivity index is 1.74. The molecule has 6 nitrogen and oxygen atoms in total. The smallest absolute Gasteiger partial charge is 0.260 e. The number of thiophene rings is 1. The minimum Gasteiger partial charge on any atom is -0.467 e. The van der Waals surface area contributed by atoms with E-state index >= 15 is 0 Å². The largest absolute Gasteiger partial charge is 0.467 e. The summed E-state index contributed by atoms with van der Waals surface area (Å²) in [7, 11) is 0. The monoisotopic (exact) mass is 419 g/mol. The van der Waals surface area contributed by atoms with Gasteiger partial charge >= 0.3 is 0 Å². The van der Waals surface area contributed by atoms with Crippen LogP contribution in [0.15, 0.2) is 32.8 Å². The summed E-state index contributed by atoms with van der Waals surface area (Å²) >= 11 is 2.79. The molecule has 0 spiro atoms. The van der Waals surface area contributed by atoms with E-state index in [0.717, 1.165) is 28.1 Å². The van der Waals surface area contributed by atoms with Gasteiger partial charge in [0.05, 0.1) is 23.4 Å². The molecular formula is C20H25N3O3S2. The number of carbonyl (C=O) groups is 1. The number of nitrogens with zero attached hydrogens (tertiary/aromatic N) is 1. The van der Waals surface area contributed by atoms with Gasteiger partial charge in [-0.25, -0.2) is 4.98 Å². The molecule has 3 aromatic rings. The molecule has 0 bridgehead atoms. The Labute approximate surface area is 172 Å². The van der Waals surface area contributed by atoms with Crippen LogP contribution in [-0.4, -0.2) is 21.1 Å². The van der Waals surface area contributed by atoms with Crippen molar-refractivity contribution in [2.75, 3.05) is 0 Å². The van der Waals surface area contributed by atoms with Gasteiger partial charge in [0.1, 0.15) is 10.6 Å². The predicted octanol–water partition coefficient (Wildman–Crippen LogP) is 4.27. The number of thioether (sulfide) groups is 1. The van der Waals surface area contributed by atoms with Gasteiger partial charge in [-0.2, -0.15) is 0 Å². The van der Waals surface area contributed by atoms with Crippen molar-refractivity contribution in [1.82, 2.24) is 15.3 Å². The minimum absolute atomic E-state index is 0.127. The van der Waals surface area contributed by atoms with E-state index in [9.17, 15) is 9.59 Å². The van der Waals surface area contributed by atoms with E-state index in [4.69, 9.17) is 4.42 Å². The fourth-order valence-corrected chi connectivity index (χ4v) is 4.83. The summed E-state index contributed by atoms with van der Waals surface area (Å²) in [6.07, 6.45) is 3.52. The van der Waals surface area contributed by atoms with Gasteiger partial charge in [0.2, 0.25) is 5.91 Å². The highest BCUT2D eigenvalue weighted by Crippen LogP contribution is 2.31. The molecule has 3 heterocycles. The number of carbonyl (C=O) groups excluding carboxylic acids is 1. The van der Waals surface area contributed by atoms with E-state index in [1.54, 1.807) is 36.7 Å². The maximum Gasteiger partial charge on any atom is 0.260 e. The Bertz CT molecular complexity index is 1010. The molecular weight excluding hydrogens is 394 g/mol. The number of furan rings is 1. The molecule has 2 atom stereocenters. The van der Waals surface area contributed by atoms with Gasteiger partial charge in [-0.1, -0.05) is 32.0 Å². The van der Waals surface area contributed by atoms with Crippen molar-refractivity contribution in [2.24, 2.45) is 5.92 Å². The Morgan fingerprint density at radius 2 is 2.21 bits per heavy atom. The van der Waals surface area contributed by atoms with Crippen LogP contribution in [0, 0.1) is 12.8 Å². The van der Waals surface area contributed by atoms with Crippen molar-refractivity contribution in [3.8, 4) is 0 Å². The molecule has 0 unspecified atom stereocenters. The van der Waals surface area contributed by atoms with E-state index in [2.05, 4.69) is 29.1 Å². The summed E-state index contributed by atoms with van der Waals surface area (Å²) in [6.45, 7) is 8.52. The maximum atomic E-state index is 12.7. The van der Waals surface area contributed by atoms with Gasteiger partial charge < -0.3 is 14.7 Å². The first-order chi connectivity index (χ1) is 13.4. The summed E-state index contributed by atoms with van der Waals surface area (Å²) in [5.74, 6) is 1.08. The van der Waals surface area contributed by atoms with E-state index in [1.807, 2.05) is 6.92 Å². The summed E-state index contributed by atoms with van der Waals surface area (Å²) in [4.78, 5) is 34.4. The Morgan fingerprint density at radius 1 is 1.43 bits per heavy atom. The number of amides is 1. The van der Waals surface area contributed by atoms with Crippen molar-refractivity contribution >= 4 is 39.2 Å². The van der Waals surface area contributed by atoms with Crippen LogP contribution in [0.1, 0.15) is 43.4 Å². The second-order valence-corrected chi connectivity index (χ2v) is 9.50. The number of rotatable bonds is 8. The lowest BCUT2D eigenvalue weighted by Gasteiger charge is -2.11. The minimum atomic E-state index is -0.392. The third-order valence-corrected chi connectivity index (χ3v) is 6.79. The summed E-state index contributed by atoms with van der Waals surface area (Å²) in [5, 5.41) is 3.60. The average Bonchev–Trinajstić information content (AvgIpc) is 3.27. The Morgan fingerprint density at radius 3 is 2.89 bits per heavy atom. The fraction of sp³-hybridized carbons (Fsp3) is 0.450. The second kappa shape index (κ2) is 8.96. The number of aromatic amines is 1. The number of fused-ring (bicyclic) bond motifs is 1. The molecule has 28 heavy (non-hydrogen) atoms. The molecule has 0 aromatic carbocycles. The second-order valence-electron chi connectivity index (χ2n) is 6.96. The predicted molar refractivity (Wildman–Crippen MR) is 114 cm³/mol. The lowest BCUT2D eigenvalue weighted by atomic mass is 9.98. The van der Waals surface area contributed by atoms with Crippen LogP contribution in [-0.2, 0) is 17.8 Å². The first kappa shape index (κ1) is 20.7. The number of hydrogen-bond acceptors (Lipinski definition) is 6. The number of H-pyrrole nitrogens is 1. The van der Waals surface area contributed by atoms with Crippen LogP contribution in [0.3, 0.4) is 0 Å². The van der Waals surface area contributed by atoms with E-state index in [-0.39, 0.29) is 11.5 Å². The first-order valence-corrected chi connectivity index (χ1v) is 11.1. The summed E-state index contributed by atoms with van der Waals surface area (Å²) in [6, 6.07) is 3.59. The first-order valence-electron chi connectivity index (χ1n) is 9.38. The highest BCUT2D eigenvalue weighted by atomic mass is 32.2. The van der Waals surface area contributed by atoms with Gasteiger partial charge in [-0.15, -0.1) is 11.3 Å². The highest BCUT2D eigenvalue weighted by Gasteiger charge is 2.20. The van der Waals surface area contributed by atoms with Crippen LogP contribution in [0.5, 0.6) is 0 Å². The molecule has 0 aliphatic rings. The molecule has 2 N–H and O–H groups in total. The van der Waals surface area contributed by atoms with Gasteiger partial charge in [-0.3, -0.25) is 9.59 Å². The molecule has 0 fully saturated rings. The number of aromatic nitrogens is 2. The van der Waals surface area contributed by atoms with E-state index in [0.29, 0.717) is 28.8 Å². The number of aryl methyl sites for hydroxylation is 1. The van der Waals surface area contributed by atoms with Gasteiger partial charge in [0.15, 0.2) is 5.16 Å². The van der Waals surface area contributed by atoms with E-state index < -0.39 is 5.25 Å². The molecule has 3 rings (SSSR count).